The van der Waals surface area contributed by atoms with Crippen molar-refractivity contribution in [1.29, 1.82) is 0 Å². The Morgan fingerprint density at radius 1 is 1.54 bits per heavy atom. The molecule has 1 rings (SSSR count). The summed E-state index contributed by atoms with van der Waals surface area (Å²) < 4.78 is 5.60. The van der Waals surface area contributed by atoms with Gasteiger partial charge in [0.15, 0.2) is 0 Å². The van der Waals surface area contributed by atoms with Gasteiger partial charge >= 0.3 is 0 Å². The van der Waals surface area contributed by atoms with Gasteiger partial charge < -0.3 is 10.5 Å². The van der Waals surface area contributed by atoms with Crippen molar-refractivity contribution in [3.63, 3.8) is 0 Å². The summed E-state index contributed by atoms with van der Waals surface area (Å²) in [6, 6.07) is 0.716. The second-order valence-corrected chi connectivity index (χ2v) is 4.00. The van der Waals surface area contributed by atoms with Crippen molar-refractivity contribution >= 4 is 0 Å². The Balaban J connectivity index is 2.41. The van der Waals surface area contributed by atoms with E-state index < -0.39 is 0 Å². The molecule has 0 aromatic heterocycles. The van der Waals surface area contributed by atoms with Crippen molar-refractivity contribution in [3.05, 3.63) is 0 Å². The standard InChI is InChI=1S/C10H22N2O/c1-4-10-7-12(5-6-13-10)9(3)8(2)11/h8-10H,4-7,11H2,1-3H3. The summed E-state index contributed by atoms with van der Waals surface area (Å²) in [5.74, 6) is 0. The fraction of sp³-hybridized carbons (Fsp3) is 1.00. The van der Waals surface area contributed by atoms with Gasteiger partial charge in [-0.1, -0.05) is 6.92 Å². The molecule has 78 valence electrons. The highest BCUT2D eigenvalue weighted by Crippen LogP contribution is 2.12. The summed E-state index contributed by atoms with van der Waals surface area (Å²) in [6.07, 6.45) is 1.51. The molecule has 3 unspecified atom stereocenters. The van der Waals surface area contributed by atoms with Crippen LogP contribution in [0, 0.1) is 0 Å². The van der Waals surface area contributed by atoms with Crippen molar-refractivity contribution in [2.45, 2.75) is 45.4 Å². The summed E-state index contributed by atoms with van der Waals surface area (Å²) in [5.41, 5.74) is 5.87. The van der Waals surface area contributed by atoms with E-state index >= 15 is 0 Å². The minimum atomic E-state index is 0.246. The number of rotatable bonds is 3. The van der Waals surface area contributed by atoms with Gasteiger partial charge in [0.1, 0.15) is 0 Å². The average Bonchev–Trinajstić information content (AvgIpc) is 2.16. The molecule has 13 heavy (non-hydrogen) atoms. The van der Waals surface area contributed by atoms with Gasteiger partial charge in [-0.2, -0.15) is 0 Å². The van der Waals surface area contributed by atoms with Crippen LogP contribution in [-0.4, -0.2) is 42.8 Å². The fourth-order valence-electron chi connectivity index (χ4n) is 1.69. The molecule has 1 saturated heterocycles. The first-order valence-corrected chi connectivity index (χ1v) is 5.26. The summed E-state index contributed by atoms with van der Waals surface area (Å²) in [6.45, 7) is 9.36. The third kappa shape index (κ3) is 2.93. The van der Waals surface area contributed by atoms with E-state index in [4.69, 9.17) is 10.5 Å². The van der Waals surface area contributed by atoms with Crippen molar-refractivity contribution < 1.29 is 4.74 Å². The largest absolute Gasteiger partial charge is 0.376 e. The average molecular weight is 186 g/mol. The molecular formula is C10H22N2O. The van der Waals surface area contributed by atoms with E-state index in [9.17, 15) is 0 Å². The van der Waals surface area contributed by atoms with Crippen molar-refractivity contribution in [3.8, 4) is 0 Å². The molecule has 0 radical (unpaired) electrons. The highest BCUT2D eigenvalue weighted by Gasteiger charge is 2.24. The van der Waals surface area contributed by atoms with Gasteiger partial charge in [0.2, 0.25) is 0 Å². The first-order chi connectivity index (χ1) is 6.15. The zero-order valence-corrected chi connectivity index (χ0v) is 8.99. The lowest BCUT2D eigenvalue weighted by molar-refractivity contribution is -0.0443. The molecular weight excluding hydrogens is 164 g/mol. The summed E-state index contributed by atoms with van der Waals surface area (Å²) in [4.78, 5) is 2.43. The van der Waals surface area contributed by atoms with E-state index in [0.29, 0.717) is 12.1 Å². The molecule has 1 aliphatic heterocycles. The summed E-state index contributed by atoms with van der Waals surface area (Å²) >= 11 is 0. The van der Waals surface area contributed by atoms with Crippen LogP contribution in [0.5, 0.6) is 0 Å². The summed E-state index contributed by atoms with van der Waals surface area (Å²) in [5, 5.41) is 0. The van der Waals surface area contributed by atoms with Gasteiger partial charge in [-0.3, -0.25) is 4.90 Å². The van der Waals surface area contributed by atoms with E-state index in [0.717, 1.165) is 26.1 Å². The first kappa shape index (κ1) is 11.0. The Morgan fingerprint density at radius 2 is 2.23 bits per heavy atom. The normalized spacial score (nSPS) is 30.0. The number of hydrogen-bond donors (Lipinski definition) is 1. The lowest BCUT2D eigenvalue weighted by Gasteiger charge is -2.38. The first-order valence-electron chi connectivity index (χ1n) is 5.26. The van der Waals surface area contributed by atoms with Crippen LogP contribution < -0.4 is 5.73 Å². The Hall–Kier alpha value is -0.120. The predicted molar refractivity (Wildman–Crippen MR) is 54.7 cm³/mol. The minimum absolute atomic E-state index is 0.246. The SMILES string of the molecule is CCC1CN(C(C)C(C)N)CCO1. The number of hydrogen-bond acceptors (Lipinski definition) is 3. The van der Waals surface area contributed by atoms with Gasteiger partial charge in [-0.25, -0.2) is 0 Å². The number of ether oxygens (including phenoxy) is 1. The number of nitrogens with zero attached hydrogens (tertiary/aromatic N) is 1. The number of nitrogens with two attached hydrogens (primary N) is 1. The fourth-order valence-corrected chi connectivity index (χ4v) is 1.69. The Bertz CT molecular complexity index is 150. The molecule has 0 saturated carbocycles. The zero-order chi connectivity index (χ0) is 9.84. The molecule has 0 amide bonds. The Kier molecular flexibility index (Phi) is 4.16. The Labute approximate surface area is 81.2 Å². The van der Waals surface area contributed by atoms with Crippen LogP contribution >= 0.6 is 0 Å². The molecule has 1 fully saturated rings. The molecule has 0 aromatic carbocycles. The summed E-state index contributed by atoms with van der Waals surface area (Å²) in [7, 11) is 0. The highest BCUT2D eigenvalue weighted by molar-refractivity contribution is 4.79. The third-order valence-corrected chi connectivity index (χ3v) is 2.96. The van der Waals surface area contributed by atoms with Crippen molar-refractivity contribution in [1.82, 2.24) is 4.90 Å². The minimum Gasteiger partial charge on any atom is -0.376 e. The van der Waals surface area contributed by atoms with Crippen molar-refractivity contribution in [2.24, 2.45) is 5.73 Å². The monoisotopic (exact) mass is 186 g/mol. The molecule has 0 spiro atoms. The van der Waals surface area contributed by atoms with Crippen LogP contribution in [0.3, 0.4) is 0 Å². The quantitative estimate of drug-likeness (QED) is 0.709. The maximum absolute atomic E-state index is 5.87. The predicted octanol–water partition coefficient (Wildman–Crippen LogP) is 0.833. The molecule has 3 atom stereocenters. The Morgan fingerprint density at radius 3 is 2.77 bits per heavy atom. The van der Waals surface area contributed by atoms with Gasteiger partial charge in [-0.05, 0) is 20.3 Å². The van der Waals surface area contributed by atoms with E-state index in [-0.39, 0.29) is 6.04 Å². The van der Waals surface area contributed by atoms with Crippen LogP contribution in [0.4, 0.5) is 0 Å². The maximum atomic E-state index is 5.87. The molecule has 3 nitrogen and oxygen atoms in total. The lowest BCUT2D eigenvalue weighted by atomic mass is 10.1. The lowest BCUT2D eigenvalue weighted by Crippen LogP contribution is -2.51. The highest BCUT2D eigenvalue weighted by atomic mass is 16.5. The van der Waals surface area contributed by atoms with Crippen LogP contribution in [-0.2, 0) is 4.74 Å². The number of morpholine rings is 1. The van der Waals surface area contributed by atoms with Gasteiger partial charge in [-0.15, -0.1) is 0 Å². The van der Waals surface area contributed by atoms with Crippen LogP contribution in [0.15, 0.2) is 0 Å². The van der Waals surface area contributed by atoms with E-state index in [1.165, 1.54) is 0 Å². The van der Waals surface area contributed by atoms with Crippen LogP contribution in [0.2, 0.25) is 0 Å². The smallest absolute Gasteiger partial charge is 0.0700 e. The molecule has 0 aromatic rings. The van der Waals surface area contributed by atoms with E-state index in [1.807, 2.05) is 0 Å². The second kappa shape index (κ2) is 4.94. The van der Waals surface area contributed by atoms with E-state index in [2.05, 4.69) is 25.7 Å². The third-order valence-electron chi connectivity index (χ3n) is 2.96. The van der Waals surface area contributed by atoms with Crippen LogP contribution in [0.25, 0.3) is 0 Å². The molecule has 0 aliphatic carbocycles. The second-order valence-electron chi connectivity index (χ2n) is 4.00. The van der Waals surface area contributed by atoms with Crippen molar-refractivity contribution in [2.75, 3.05) is 19.7 Å². The molecule has 2 N–H and O–H groups in total. The molecule has 1 heterocycles. The van der Waals surface area contributed by atoms with Gasteiger partial charge in [0, 0.05) is 25.2 Å². The van der Waals surface area contributed by atoms with E-state index in [1.54, 1.807) is 0 Å². The molecule has 0 bridgehead atoms. The van der Waals surface area contributed by atoms with Crippen LogP contribution in [0.1, 0.15) is 27.2 Å². The van der Waals surface area contributed by atoms with Gasteiger partial charge in [0.05, 0.1) is 12.7 Å². The maximum Gasteiger partial charge on any atom is 0.0700 e. The molecule has 3 heteroatoms. The topological polar surface area (TPSA) is 38.5 Å². The van der Waals surface area contributed by atoms with Gasteiger partial charge in [0.25, 0.3) is 0 Å². The zero-order valence-electron chi connectivity index (χ0n) is 8.99. The molecule has 1 aliphatic rings.